The largest absolute Gasteiger partial charge is 0.494 e. The summed E-state index contributed by atoms with van der Waals surface area (Å²) < 4.78 is 18.5. The van der Waals surface area contributed by atoms with Crippen LogP contribution in [0.25, 0.3) is 0 Å². The molecule has 0 aromatic heterocycles. The number of nitrogens with zero attached hydrogens (tertiary/aromatic N) is 2. The summed E-state index contributed by atoms with van der Waals surface area (Å²) in [5, 5.41) is 0. The fourth-order valence-electron chi connectivity index (χ4n) is 4.32. The van der Waals surface area contributed by atoms with Crippen LogP contribution in [0.5, 0.6) is 5.75 Å². The second-order valence-electron chi connectivity index (χ2n) is 8.14. The Morgan fingerprint density at radius 2 is 1.73 bits per heavy atom. The summed E-state index contributed by atoms with van der Waals surface area (Å²) >= 11 is 0. The SMILES string of the molecule is Cl.O=C1c2ccccc2CN1CC1CCN(CCCCOc2ccc(F)cc2)CC1. The Balaban J connectivity index is 0.00000256. The number of unbranched alkanes of at least 4 members (excludes halogenated alkanes) is 1. The summed E-state index contributed by atoms with van der Waals surface area (Å²) in [6.07, 6.45) is 4.42. The van der Waals surface area contributed by atoms with Crippen molar-refractivity contribution < 1.29 is 13.9 Å². The van der Waals surface area contributed by atoms with E-state index in [1.54, 1.807) is 12.1 Å². The van der Waals surface area contributed by atoms with Crippen molar-refractivity contribution in [1.82, 2.24) is 9.80 Å². The number of carbonyl (C=O) groups is 1. The van der Waals surface area contributed by atoms with Crippen LogP contribution in [-0.4, -0.2) is 48.5 Å². The second-order valence-corrected chi connectivity index (χ2v) is 8.14. The van der Waals surface area contributed by atoms with Crippen molar-refractivity contribution in [2.24, 2.45) is 5.92 Å². The van der Waals surface area contributed by atoms with Crippen LogP contribution in [0.3, 0.4) is 0 Å². The van der Waals surface area contributed by atoms with Crippen molar-refractivity contribution in [3.05, 3.63) is 65.5 Å². The Labute approximate surface area is 184 Å². The van der Waals surface area contributed by atoms with Crippen LogP contribution < -0.4 is 4.74 Å². The first-order valence-corrected chi connectivity index (χ1v) is 10.7. The molecule has 30 heavy (non-hydrogen) atoms. The summed E-state index contributed by atoms with van der Waals surface area (Å²) in [7, 11) is 0. The first-order valence-electron chi connectivity index (χ1n) is 10.7. The van der Waals surface area contributed by atoms with Gasteiger partial charge in [0.2, 0.25) is 0 Å². The van der Waals surface area contributed by atoms with Crippen LogP contribution >= 0.6 is 12.4 Å². The Bertz CT molecular complexity index is 822. The number of amides is 1. The van der Waals surface area contributed by atoms with Crippen molar-refractivity contribution in [1.29, 1.82) is 0 Å². The topological polar surface area (TPSA) is 32.8 Å². The number of hydrogen-bond acceptors (Lipinski definition) is 3. The minimum absolute atomic E-state index is 0. The van der Waals surface area contributed by atoms with Gasteiger partial charge in [-0.2, -0.15) is 0 Å². The van der Waals surface area contributed by atoms with Crippen LogP contribution in [0, 0.1) is 11.7 Å². The highest BCUT2D eigenvalue weighted by Gasteiger charge is 2.29. The quantitative estimate of drug-likeness (QED) is 0.563. The average molecular weight is 433 g/mol. The van der Waals surface area contributed by atoms with Crippen LogP contribution in [0.1, 0.15) is 41.6 Å². The van der Waals surface area contributed by atoms with Crippen LogP contribution in [0.2, 0.25) is 0 Å². The van der Waals surface area contributed by atoms with E-state index in [0.29, 0.717) is 12.5 Å². The summed E-state index contributed by atoms with van der Waals surface area (Å²) in [4.78, 5) is 17.1. The molecule has 2 aliphatic heterocycles. The van der Waals surface area contributed by atoms with E-state index in [0.717, 1.165) is 75.3 Å². The second kappa shape index (κ2) is 10.8. The Kier molecular flexibility index (Phi) is 8.11. The molecule has 2 aromatic rings. The molecule has 4 nitrogen and oxygen atoms in total. The van der Waals surface area contributed by atoms with Crippen molar-refractivity contribution in [3.63, 3.8) is 0 Å². The molecule has 0 bridgehead atoms. The molecule has 0 atom stereocenters. The molecule has 162 valence electrons. The number of rotatable bonds is 8. The number of hydrogen-bond donors (Lipinski definition) is 0. The molecule has 1 saturated heterocycles. The first kappa shape index (κ1) is 22.6. The first-order chi connectivity index (χ1) is 14.2. The van der Waals surface area contributed by atoms with E-state index in [1.165, 1.54) is 12.1 Å². The lowest BCUT2D eigenvalue weighted by atomic mass is 9.96. The smallest absolute Gasteiger partial charge is 0.254 e. The van der Waals surface area contributed by atoms with Crippen LogP contribution in [-0.2, 0) is 6.54 Å². The van der Waals surface area contributed by atoms with Gasteiger partial charge in [0.1, 0.15) is 11.6 Å². The molecule has 1 fully saturated rings. The van der Waals surface area contributed by atoms with E-state index in [9.17, 15) is 9.18 Å². The normalized spacial score (nSPS) is 17.0. The lowest BCUT2D eigenvalue weighted by molar-refractivity contribution is 0.0713. The van der Waals surface area contributed by atoms with Gasteiger partial charge in [-0.15, -0.1) is 12.4 Å². The molecular formula is C24H30ClFN2O2. The molecule has 0 unspecified atom stereocenters. The molecule has 0 radical (unpaired) electrons. The zero-order valence-electron chi connectivity index (χ0n) is 17.3. The molecule has 2 aromatic carbocycles. The lowest BCUT2D eigenvalue weighted by Crippen LogP contribution is -2.39. The number of benzene rings is 2. The molecule has 2 aliphatic rings. The number of piperidine rings is 1. The third kappa shape index (κ3) is 5.73. The van der Waals surface area contributed by atoms with Gasteiger partial charge in [-0.25, -0.2) is 4.39 Å². The molecule has 4 rings (SSSR count). The monoisotopic (exact) mass is 432 g/mol. The van der Waals surface area contributed by atoms with Gasteiger partial charge < -0.3 is 14.5 Å². The molecule has 6 heteroatoms. The summed E-state index contributed by atoms with van der Waals surface area (Å²) in [6, 6.07) is 14.2. The Morgan fingerprint density at radius 3 is 2.47 bits per heavy atom. The van der Waals surface area contributed by atoms with Crippen LogP contribution in [0.15, 0.2) is 48.5 Å². The Hall–Kier alpha value is -2.11. The van der Waals surface area contributed by atoms with Crippen molar-refractivity contribution in [3.8, 4) is 5.75 Å². The number of likely N-dealkylation sites (tertiary alicyclic amines) is 1. The van der Waals surface area contributed by atoms with Gasteiger partial charge in [0, 0.05) is 18.7 Å². The van der Waals surface area contributed by atoms with E-state index in [4.69, 9.17) is 4.74 Å². The number of carbonyl (C=O) groups excluding carboxylic acids is 1. The number of ether oxygens (including phenoxy) is 1. The predicted octanol–water partition coefficient (Wildman–Crippen LogP) is 4.77. The highest BCUT2D eigenvalue weighted by atomic mass is 35.5. The maximum Gasteiger partial charge on any atom is 0.254 e. The minimum atomic E-state index is -0.237. The van der Waals surface area contributed by atoms with Gasteiger partial charge in [0.15, 0.2) is 0 Å². The van der Waals surface area contributed by atoms with Gasteiger partial charge in [-0.05, 0) is 87.1 Å². The van der Waals surface area contributed by atoms with Crippen LogP contribution in [0.4, 0.5) is 4.39 Å². The zero-order valence-corrected chi connectivity index (χ0v) is 18.1. The maximum absolute atomic E-state index is 12.9. The van der Waals surface area contributed by atoms with Crippen molar-refractivity contribution in [2.45, 2.75) is 32.2 Å². The highest BCUT2D eigenvalue weighted by molar-refractivity contribution is 5.98. The average Bonchev–Trinajstić information content (AvgIpc) is 3.06. The van der Waals surface area contributed by atoms with E-state index in [2.05, 4.69) is 11.0 Å². The summed E-state index contributed by atoms with van der Waals surface area (Å²) in [6.45, 7) is 5.63. The molecule has 0 saturated carbocycles. The minimum Gasteiger partial charge on any atom is -0.494 e. The molecular weight excluding hydrogens is 403 g/mol. The lowest BCUT2D eigenvalue weighted by Gasteiger charge is -2.33. The predicted molar refractivity (Wildman–Crippen MR) is 119 cm³/mol. The van der Waals surface area contributed by atoms with Gasteiger partial charge in [-0.3, -0.25) is 4.79 Å². The van der Waals surface area contributed by atoms with Gasteiger partial charge >= 0.3 is 0 Å². The van der Waals surface area contributed by atoms with Crippen molar-refractivity contribution in [2.75, 3.05) is 32.8 Å². The maximum atomic E-state index is 12.9. The van der Waals surface area contributed by atoms with E-state index in [-0.39, 0.29) is 24.1 Å². The highest BCUT2D eigenvalue weighted by Crippen LogP contribution is 2.26. The fraction of sp³-hybridized carbons (Fsp3) is 0.458. The number of fused-ring (bicyclic) bond motifs is 1. The van der Waals surface area contributed by atoms with E-state index in [1.807, 2.05) is 23.1 Å². The summed E-state index contributed by atoms with van der Waals surface area (Å²) in [5.41, 5.74) is 2.05. The van der Waals surface area contributed by atoms with E-state index >= 15 is 0 Å². The van der Waals surface area contributed by atoms with Gasteiger partial charge in [0.05, 0.1) is 6.61 Å². The van der Waals surface area contributed by atoms with Crippen molar-refractivity contribution >= 4 is 18.3 Å². The Morgan fingerprint density at radius 1 is 1.00 bits per heavy atom. The van der Waals surface area contributed by atoms with Gasteiger partial charge in [-0.1, -0.05) is 18.2 Å². The number of halogens is 2. The fourth-order valence-corrected chi connectivity index (χ4v) is 4.32. The molecule has 1 amide bonds. The van der Waals surface area contributed by atoms with E-state index < -0.39 is 0 Å². The third-order valence-corrected chi connectivity index (χ3v) is 6.03. The standard InChI is InChI=1S/C24H29FN2O2.ClH/c25-21-7-9-22(10-8-21)29-16-4-3-13-26-14-11-19(12-15-26)17-27-18-20-5-1-2-6-23(20)24(27)28;/h1-2,5-10,19H,3-4,11-18H2;1H. The van der Waals surface area contributed by atoms with Gasteiger partial charge in [0.25, 0.3) is 5.91 Å². The third-order valence-electron chi connectivity index (χ3n) is 6.03. The molecule has 0 N–H and O–H groups in total. The molecule has 0 spiro atoms. The molecule has 2 heterocycles. The molecule has 0 aliphatic carbocycles. The zero-order chi connectivity index (χ0) is 20.1. The summed E-state index contributed by atoms with van der Waals surface area (Å²) in [5.74, 6) is 1.29.